The van der Waals surface area contributed by atoms with Gasteiger partial charge in [-0.15, -0.1) is 0 Å². The van der Waals surface area contributed by atoms with Gasteiger partial charge in [-0.25, -0.2) is 4.79 Å². The maximum atomic E-state index is 11.2. The fourth-order valence-corrected chi connectivity index (χ4v) is 0.859. The van der Waals surface area contributed by atoms with Gasteiger partial charge < -0.3 is 19.7 Å². The third kappa shape index (κ3) is 4.35. The number of aromatic nitrogens is 1. The molecule has 1 aromatic rings. The molecule has 1 amide bonds. The van der Waals surface area contributed by atoms with E-state index in [1.54, 1.807) is 20.8 Å². The molecule has 0 atom stereocenters. The molecule has 0 aromatic carbocycles. The summed E-state index contributed by atoms with van der Waals surface area (Å²) in [6.45, 7) is 5.44. The van der Waals surface area contributed by atoms with Crippen LogP contribution in [0, 0.1) is 0 Å². The maximum absolute atomic E-state index is 11.2. The van der Waals surface area contributed by atoms with Gasteiger partial charge in [0.1, 0.15) is 5.60 Å². The van der Waals surface area contributed by atoms with Crippen molar-refractivity contribution in [3.8, 4) is 5.88 Å². The highest BCUT2D eigenvalue weighted by Gasteiger charge is 2.16. The van der Waals surface area contributed by atoms with E-state index in [9.17, 15) is 4.79 Å². The van der Waals surface area contributed by atoms with Gasteiger partial charge in [-0.05, 0) is 25.9 Å². The number of rotatable bonds is 2. The minimum absolute atomic E-state index is 0.127. The van der Waals surface area contributed by atoms with Crippen LogP contribution in [0.5, 0.6) is 5.88 Å². The Labute approximate surface area is 87.2 Å². The number of hydrogen-bond donors (Lipinski definition) is 2. The lowest BCUT2D eigenvalue weighted by Gasteiger charge is -2.19. The first-order valence-electron chi connectivity index (χ1n) is 4.48. The number of hydrogen-bond acceptors (Lipinski definition) is 5. The molecule has 1 heterocycles. The van der Waals surface area contributed by atoms with E-state index in [4.69, 9.17) is 9.84 Å². The van der Waals surface area contributed by atoms with Crippen molar-refractivity contribution in [1.82, 2.24) is 10.5 Å². The average Bonchev–Trinajstić information content (AvgIpc) is 2.45. The zero-order valence-corrected chi connectivity index (χ0v) is 8.90. The van der Waals surface area contributed by atoms with Crippen molar-refractivity contribution in [2.24, 2.45) is 0 Å². The minimum atomic E-state index is -0.543. The Kier molecular flexibility index (Phi) is 3.18. The summed E-state index contributed by atoms with van der Waals surface area (Å²) in [4.78, 5) is 11.2. The SMILES string of the molecule is CC(C)(C)OC(=O)NCc1cc(O)no1. The van der Waals surface area contributed by atoms with Crippen molar-refractivity contribution >= 4 is 6.09 Å². The van der Waals surface area contributed by atoms with Crippen LogP contribution in [0.2, 0.25) is 0 Å². The summed E-state index contributed by atoms with van der Waals surface area (Å²) in [5.74, 6) is 0.148. The van der Waals surface area contributed by atoms with Gasteiger partial charge in [0.2, 0.25) is 0 Å². The van der Waals surface area contributed by atoms with Gasteiger partial charge in [-0.1, -0.05) is 0 Å². The predicted molar refractivity (Wildman–Crippen MR) is 51.2 cm³/mol. The lowest BCUT2D eigenvalue weighted by molar-refractivity contribution is 0.0519. The number of alkyl carbamates (subject to hydrolysis) is 1. The van der Waals surface area contributed by atoms with Gasteiger partial charge in [-0.3, -0.25) is 0 Å². The molecule has 15 heavy (non-hydrogen) atoms. The molecule has 0 unspecified atom stereocenters. The van der Waals surface area contributed by atoms with Crippen molar-refractivity contribution in [2.45, 2.75) is 32.9 Å². The van der Waals surface area contributed by atoms with E-state index >= 15 is 0 Å². The Bertz CT molecular complexity index is 340. The second kappa shape index (κ2) is 4.20. The fraction of sp³-hybridized carbons (Fsp3) is 0.556. The molecule has 84 valence electrons. The molecule has 0 aliphatic carbocycles. The molecule has 6 heteroatoms. The van der Waals surface area contributed by atoms with Crippen LogP contribution in [0.3, 0.4) is 0 Å². The second-order valence-electron chi connectivity index (χ2n) is 4.01. The number of carbonyl (C=O) groups is 1. The third-order valence-corrected chi connectivity index (χ3v) is 1.35. The quantitative estimate of drug-likeness (QED) is 0.777. The Hall–Kier alpha value is -1.72. The lowest BCUT2D eigenvalue weighted by atomic mass is 10.2. The molecule has 0 aliphatic rings. The molecule has 0 saturated carbocycles. The van der Waals surface area contributed by atoms with Crippen molar-refractivity contribution in [2.75, 3.05) is 0 Å². The van der Waals surface area contributed by atoms with Crippen molar-refractivity contribution in [3.05, 3.63) is 11.8 Å². The summed E-state index contributed by atoms with van der Waals surface area (Å²) in [6.07, 6.45) is -0.543. The van der Waals surface area contributed by atoms with Gasteiger partial charge in [0.25, 0.3) is 5.88 Å². The third-order valence-electron chi connectivity index (χ3n) is 1.35. The molecular formula is C9H14N2O4. The summed E-state index contributed by atoms with van der Waals surface area (Å²) >= 11 is 0. The first kappa shape index (κ1) is 11.4. The predicted octanol–water partition coefficient (Wildman–Crippen LogP) is 1.40. The van der Waals surface area contributed by atoms with Crippen LogP contribution in [-0.2, 0) is 11.3 Å². The average molecular weight is 214 g/mol. The van der Waals surface area contributed by atoms with Crippen LogP contribution in [-0.4, -0.2) is 22.0 Å². The van der Waals surface area contributed by atoms with E-state index < -0.39 is 11.7 Å². The van der Waals surface area contributed by atoms with E-state index in [-0.39, 0.29) is 12.4 Å². The molecule has 0 radical (unpaired) electrons. The summed E-state index contributed by atoms with van der Waals surface area (Å²) in [7, 11) is 0. The van der Waals surface area contributed by atoms with E-state index in [1.807, 2.05) is 0 Å². The van der Waals surface area contributed by atoms with E-state index in [1.165, 1.54) is 6.07 Å². The van der Waals surface area contributed by atoms with Gasteiger partial charge >= 0.3 is 6.09 Å². The van der Waals surface area contributed by atoms with E-state index in [2.05, 4.69) is 15.0 Å². The zero-order chi connectivity index (χ0) is 11.5. The maximum Gasteiger partial charge on any atom is 0.408 e. The molecule has 0 bridgehead atoms. The molecular weight excluding hydrogens is 200 g/mol. The second-order valence-corrected chi connectivity index (χ2v) is 4.01. The summed E-state index contributed by atoms with van der Waals surface area (Å²) < 4.78 is 9.67. The largest absolute Gasteiger partial charge is 0.491 e. The molecule has 2 N–H and O–H groups in total. The van der Waals surface area contributed by atoms with Crippen LogP contribution in [0.15, 0.2) is 10.6 Å². The van der Waals surface area contributed by atoms with Gasteiger partial charge in [0.15, 0.2) is 5.76 Å². The molecule has 0 aliphatic heterocycles. The summed E-state index contributed by atoms with van der Waals surface area (Å²) in [5.41, 5.74) is -0.534. The topological polar surface area (TPSA) is 84.6 Å². The summed E-state index contributed by atoms with van der Waals surface area (Å²) in [6, 6.07) is 1.32. The Morgan fingerprint density at radius 3 is 2.80 bits per heavy atom. The highest BCUT2D eigenvalue weighted by molar-refractivity contribution is 5.67. The fourth-order valence-electron chi connectivity index (χ4n) is 0.859. The molecule has 0 saturated heterocycles. The normalized spacial score (nSPS) is 11.1. The number of amides is 1. The smallest absolute Gasteiger partial charge is 0.408 e. The number of aromatic hydroxyl groups is 1. The van der Waals surface area contributed by atoms with Crippen LogP contribution in [0.4, 0.5) is 4.79 Å². The molecule has 1 rings (SSSR count). The van der Waals surface area contributed by atoms with Crippen LogP contribution >= 0.6 is 0 Å². The Morgan fingerprint density at radius 2 is 2.33 bits per heavy atom. The number of carbonyl (C=O) groups excluding carboxylic acids is 1. The lowest BCUT2D eigenvalue weighted by Crippen LogP contribution is -2.32. The molecule has 0 spiro atoms. The van der Waals surface area contributed by atoms with Crippen molar-refractivity contribution < 1.29 is 19.2 Å². The zero-order valence-electron chi connectivity index (χ0n) is 8.90. The Balaban J connectivity index is 2.35. The minimum Gasteiger partial charge on any atom is -0.491 e. The highest BCUT2D eigenvalue weighted by Crippen LogP contribution is 2.09. The van der Waals surface area contributed by atoms with Gasteiger partial charge in [0, 0.05) is 6.07 Å². The number of nitrogens with one attached hydrogen (secondary N) is 1. The van der Waals surface area contributed by atoms with Crippen molar-refractivity contribution in [3.63, 3.8) is 0 Å². The summed E-state index contributed by atoms with van der Waals surface area (Å²) in [5, 5.41) is 14.6. The van der Waals surface area contributed by atoms with Gasteiger partial charge in [0.05, 0.1) is 6.54 Å². The monoisotopic (exact) mass is 214 g/mol. The van der Waals surface area contributed by atoms with Crippen molar-refractivity contribution in [1.29, 1.82) is 0 Å². The van der Waals surface area contributed by atoms with E-state index in [0.29, 0.717) is 5.76 Å². The number of nitrogens with zero attached hydrogens (tertiary/aromatic N) is 1. The van der Waals surface area contributed by atoms with Crippen LogP contribution < -0.4 is 5.32 Å². The molecule has 1 aromatic heterocycles. The van der Waals surface area contributed by atoms with E-state index in [0.717, 1.165) is 0 Å². The molecule has 6 nitrogen and oxygen atoms in total. The van der Waals surface area contributed by atoms with Crippen LogP contribution in [0.1, 0.15) is 26.5 Å². The first-order chi connectivity index (χ1) is 6.87. The standard InChI is InChI=1S/C9H14N2O4/c1-9(2,3)14-8(13)10-5-6-4-7(12)11-15-6/h4H,5H2,1-3H3,(H,10,13)(H,11,12). The first-order valence-corrected chi connectivity index (χ1v) is 4.48. The molecule has 0 fully saturated rings. The van der Waals surface area contributed by atoms with Gasteiger partial charge in [-0.2, -0.15) is 0 Å². The number of ether oxygens (including phenoxy) is 1. The Morgan fingerprint density at radius 1 is 1.67 bits per heavy atom. The highest BCUT2D eigenvalue weighted by atomic mass is 16.6. The van der Waals surface area contributed by atoms with Crippen LogP contribution in [0.25, 0.3) is 0 Å².